The van der Waals surface area contributed by atoms with E-state index in [4.69, 9.17) is 9.89 Å². The van der Waals surface area contributed by atoms with Gasteiger partial charge in [-0.3, -0.25) is 0 Å². The van der Waals surface area contributed by atoms with Gasteiger partial charge in [0.2, 0.25) is 5.95 Å². The van der Waals surface area contributed by atoms with Gasteiger partial charge in [0.25, 0.3) is 0 Å². The Bertz CT molecular complexity index is 798. The highest BCUT2D eigenvalue weighted by atomic mass is 127. The Balaban J connectivity index is 2.25. The van der Waals surface area contributed by atoms with E-state index in [2.05, 4.69) is 43.2 Å². The fourth-order valence-corrected chi connectivity index (χ4v) is 2.86. The van der Waals surface area contributed by atoms with E-state index in [0.29, 0.717) is 22.3 Å². The summed E-state index contributed by atoms with van der Waals surface area (Å²) in [5.74, 6) is 1.00. The van der Waals surface area contributed by atoms with Gasteiger partial charge in [-0.25, -0.2) is 14.0 Å². The third-order valence-corrected chi connectivity index (χ3v) is 4.88. The predicted molar refractivity (Wildman–Crippen MR) is 99.7 cm³/mol. The SMILES string of the molecule is C[C@H](CO)Nc1nc(Nc2cccc(S(C)(=N)=O)c2)ncc1I. The van der Waals surface area contributed by atoms with Gasteiger partial charge < -0.3 is 15.7 Å². The first-order chi connectivity index (χ1) is 10.8. The Hall–Kier alpha value is -1.46. The van der Waals surface area contributed by atoms with Crippen molar-refractivity contribution in [3.8, 4) is 0 Å². The summed E-state index contributed by atoms with van der Waals surface area (Å²) in [6.07, 6.45) is 3.05. The second kappa shape index (κ2) is 7.41. The Morgan fingerprint density at radius 2 is 2.22 bits per heavy atom. The van der Waals surface area contributed by atoms with Gasteiger partial charge in [-0.15, -0.1) is 0 Å². The topological polar surface area (TPSA) is 111 Å². The number of aliphatic hydroxyl groups is 1. The van der Waals surface area contributed by atoms with Crippen LogP contribution < -0.4 is 10.6 Å². The molecule has 0 saturated carbocycles. The molecule has 7 nitrogen and oxygen atoms in total. The first kappa shape index (κ1) is 17.9. The number of hydrogen-bond donors (Lipinski definition) is 4. The van der Waals surface area contributed by atoms with E-state index in [-0.39, 0.29) is 12.6 Å². The van der Waals surface area contributed by atoms with Gasteiger partial charge in [0.05, 0.1) is 19.9 Å². The third kappa shape index (κ3) is 5.01. The highest BCUT2D eigenvalue weighted by Gasteiger charge is 2.09. The molecule has 0 bridgehead atoms. The van der Waals surface area contributed by atoms with Crippen molar-refractivity contribution in [1.82, 2.24) is 9.97 Å². The van der Waals surface area contributed by atoms with Crippen LogP contribution in [0.15, 0.2) is 35.4 Å². The lowest BCUT2D eigenvalue weighted by atomic mass is 10.3. The highest BCUT2D eigenvalue weighted by Crippen LogP contribution is 2.21. The molecule has 9 heteroatoms. The van der Waals surface area contributed by atoms with Gasteiger partial charge >= 0.3 is 0 Å². The minimum atomic E-state index is -2.77. The molecule has 0 aliphatic rings. The molecule has 0 fully saturated rings. The van der Waals surface area contributed by atoms with Gasteiger partial charge in [0.1, 0.15) is 5.82 Å². The molecular weight excluding hydrogens is 429 g/mol. The lowest BCUT2D eigenvalue weighted by Gasteiger charge is -2.14. The fraction of sp³-hybridized carbons (Fsp3) is 0.286. The van der Waals surface area contributed by atoms with Crippen LogP contribution in [0.3, 0.4) is 0 Å². The molecule has 0 amide bonds. The standard InChI is InChI=1S/C14H18IN5O2S/c1-9(8-21)18-13-12(15)7-17-14(20-13)19-10-4-3-5-11(6-10)23(2,16)22/h3-7,9,16,21H,8H2,1-2H3,(H2,17,18,19,20)/t9-,23?/m1/s1. The molecule has 2 aromatic rings. The van der Waals surface area contributed by atoms with Gasteiger partial charge in [0.15, 0.2) is 0 Å². The molecule has 23 heavy (non-hydrogen) atoms. The number of nitrogens with zero attached hydrogens (tertiary/aromatic N) is 2. The van der Waals surface area contributed by atoms with Crippen molar-refractivity contribution in [2.24, 2.45) is 0 Å². The van der Waals surface area contributed by atoms with Gasteiger partial charge in [-0.2, -0.15) is 4.98 Å². The summed E-state index contributed by atoms with van der Waals surface area (Å²) >= 11 is 2.11. The zero-order valence-electron chi connectivity index (χ0n) is 12.7. The van der Waals surface area contributed by atoms with Crippen LogP contribution in [0.2, 0.25) is 0 Å². The van der Waals surface area contributed by atoms with Crippen molar-refractivity contribution < 1.29 is 9.32 Å². The minimum absolute atomic E-state index is 0.000745. The summed E-state index contributed by atoms with van der Waals surface area (Å²) in [6.45, 7) is 1.85. The van der Waals surface area contributed by atoms with Crippen molar-refractivity contribution in [2.75, 3.05) is 23.5 Å². The number of anilines is 3. The molecular formula is C14H18IN5O2S. The summed E-state index contributed by atoms with van der Waals surface area (Å²) in [6, 6.07) is 6.71. The molecule has 0 aliphatic carbocycles. The third-order valence-electron chi connectivity index (χ3n) is 2.94. The van der Waals surface area contributed by atoms with Crippen LogP contribution in [-0.4, -0.2) is 38.2 Å². The van der Waals surface area contributed by atoms with E-state index in [1.165, 1.54) is 6.26 Å². The van der Waals surface area contributed by atoms with Crippen LogP contribution in [0, 0.1) is 8.35 Å². The second-order valence-corrected chi connectivity index (χ2v) is 8.44. The Morgan fingerprint density at radius 1 is 1.48 bits per heavy atom. The smallest absolute Gasteiger partial charge is 0.229 e. The van der Waals surface area contributed by atoms with Crippen LogP contribution in [0.5, 0.6) is 0 Å². The average Bonchev–Trinajstić information content (AvgIpc) is 2.50. The van der Waals surface area contributed by atoms with Gasteiger partial charge in [-0.05, 0) is 47.7 Å². The summed E-state index contributed by atoms with van der Waals surface area (Å²) in [5, 5.41) is 15.3. The summed E-state index contributed by atoms with van der Waals surface area (Å²) in [7, 11) is -2.77. The van der Waals surface area contributed by atoms with E-state index in [1.54, 1.807) is 30.5 Å². The number of halogens is 1. The van der Waals surface area contributed by atoms with Crippen molar-refractivity contribution in [1.29, 1.82) is 4.78 Å². The maximum absolute atomic E-state index is 11.8. The first-order valence-corrected chi connectivity index (χ1v) is 9.85. The van der Waals surface area contributed by atoms with Gasteiger partial charge in [0, 0.05) is 29.1 Å². The van der Waals surface area contributed by atoms with E-state index >= 15 is 0 Å². The Kier molecular flexibility index (Phi) is 5.76. The lowest BCUT2D eigenvalue weighted by Crippen LogP contribution is -2.21. The molecule has 0 aliphatic heterocycles. The normalized spacial score (nSPS) is 14.8. The number of benzene rings is 1. The second-order valence-electron chi connectivity index (χ2n) is 5.11. The average molecular weight is 447 g/mol. The number of nitrogens with one attached hydrogen (secondary N) is 3. The van der Waals surface area contributed by atoms with E-state index in [9.17, 15) is 4.21 Å². The number of aromatic nitrogens is 2. The summed E-state index contributed by atoms with van der Waals surface area (Å²) in [5.41, 5.74) is 0.659. The van der Waals surface area contributed by atoms with Crippen molar-refractivity contribution in [3.63, 3.8) is 0 Å². The first-order valence-electron chi connectivity index (χ1n) is 6.80. The molecule has 1 aromatic heterocycles. The zero-order chi connectivity index (χ0) is 17.0. The number of hydrogen-bond acceptors (Lipinski definition) is 7. The molecule has 1 unspecified atom stereocenters. The Labute approximate surface area is 149 Å². The van der Waals surface area contributed by atoms with E-state index < -0.39 is 9.73 Å². The molecule has 4 N–H and O–H groups in total. The van der Waals surface area contributed by atoms with Crippen LogP contribution in [0.1, 0.15) is 6.92 Å². The van der Waals surface area contributed by atoms with Gasteiger partial charge in [-0.1, -0.05) is 6.07 Å². The number of rotatable bonds is 6. The largest absolute Gasteiger partial charge is 0.394 e. The maximum Gasteiger partial charge on any atom is 0.229 e. The summed E-state index contributed by atoms with van der Waals surface area (Å²) in [4.78, 5) is 9.03. The van der Waals surface area contributed by atoms with Crippen LogP contribution in [-0.2, 0) is 9.73 Å². The molecule has 0 spiro atoms. The van der Waals surface area contributed by atoms with Crippen molar-refractivity contribution >= 4 is 49.8 Å². The predicted octanol–water partition coefficient (Wildman–Crippen LogP) is 2.65. The molecule has 0 radical (unpaired) electrons. The fourth-order valence-electron chi connectivity index (χ4n) is 1.75. The van der Waals surface area contributed by atoms with E-state index in [0.717, 1.165) is 3.57 Å². The molecule has 0 saturated heterocycles. The maximum atomic E-state index is 11.8. The number of aliphatic hydroxyl groups excluding tert-OH is 1. The molecule has 2 rings (SSSR count). The van der Waals surface area contributed by atoms with Crippen LogP contribution in [0.4, 0.5) is 17.5 Å². The molecule has 2 atom stereocenters. The Morgan fingerprint density at radius 3 is 2.87 bits per heavy atom. The molecule has 1 heterocycles. The molecule has 1 aromatic carbocycles. The van der Waals surface area contributed by atoms with Crippen LogP contribution in [0.25, 0.3) is 0 Å². The zero-order valence-corrected chi connectivity index (χ0v) is 15.7. The highest BCUT2D eigenvalue weighted by molar-refractivity contribution is 14.1. The summed E-state index contributed by atoms with van der Waals surface area (Å²) < 4.78 is 20.3. The quantitative estimate of drug-likeness (QED) is 0.507. The van der Waals surface area contributed by atoms with Crippen molar-refractivity contribution in [3.05, 3.63) is 34.0 Å². The van der Waals surface area contributed by atoms with Crippen LogP contribution >= 0.6 is 22.6 Å². The van der Waals surface area contributed by atoms with E-state index in [1.807, 2.05) is 6.92 Å². The monoisotopic (exact) mass is 447 g/mol. The lowest BCUT2D eigenvalue weighted by molar-refractivity contribution is 0.281. The van der Waals surface area contributed by atoms with Crippen molar-refractivity contribution in [2.45, 2.75) is 17.9 Å². The molecule has 124 valence electrons. The minimum Gasteiger partial charge on any atom is -0.394 e.